The molecule has 2 rings (SSSR count). The Kier molecular flexibility index (Phi) is 3.53. The molecular weight excluding hydrogens is 232 g/mol. The zero-order valence-corrected chi connectivity index (χ0v) is 10.1. The summed E-state index contributed by atoms with van der Waals surface area (Å²) in [6.45, 7) is 2.51. The SMILES string of the molecule is CCOc1cccc2c(C[C@H](N)C(=O)O)c[nH]c12. The lowest BCUT2D eigenvalue weighted by molar-refractivity contribution is -0.138. The zero-order valence-electron chi connectivity index (χ0n) is 10.1. The number of hydrogen-bond acceptors (Lipinski definition) is 3. The van der Waals surface area contributed by atoms with Gasteiger partial charge in [0.05, 0.1) is 12.1 Å². The van der Waals surface area contributed by atoms with Crippen molar-refractivity contribution in [2.45, 2.75) is 19.4 Å². The first-order valence-corrected chi connectivity index (χ1v) is 5.83. The average molecular weight is 248 g/mol. The Morgan fingerprint density at radius 3 is 3.00 bits per heavy atom. The summed E-state index contributed by atoms with van der Waals surface area (Å²) in [5.74, 6) is -0.226. The van der Waals surface area contributed by atoms with Crippen LogP contribution >= 0.6 is 0 Å². The second-order valence-corrected chi connectivity index (χ2v) is 4.07. The minimum Gasteiger partial charge on any atom is -0.492 e. The van der Waals surface area contributed by atoms with Crippen molar-refractivity contribution in [2.24, 2.45) is 5.73 Å². The van der Waals surface area contributed by atoms with Crippen LogP contribution in [0.3, 0.4) is 0 Å². The van der Waals surface area contributed by atoms with Crippen LogP contribution < -0.4 is 10.5 Å². The Hall–Kier alpha value is -2.01. The van der Waals surface area contributed by atoms with Crippen LogP contribution in [-0.4, -0.2) is 28.7 Å². The van der Waals surface area contributed by atoms with Crippen LogP contribution in [0, 0.1) is 0 Å². The number of aromatic amines is 1. The van der Waals surface area contributed by atoms with E-state index in [2.05, 4.69) is 4.98 Å². The molecule has 0 bridgehead atoms. The van der Waals surface area contributed by atoms with Gasteiger partial charge in [0.2, 0.25) is 0 Å². The second kappa shape index (κ2) is 5.10. The molecule has 0 aliphatic rings. The highest BCUT2D eigenvalue weighted by atomic mass is 16.5. The van der Waals surface area contributed by atoms with E-state index in [1.54, 1.807) is 6.20 Å². The second-order valence-electron chi connectivity index (χ2n) is 4.07. The minimum absolute atomic E-state index is 0.297. The standard InChI is InChI=1S/C13H16N2O3/c1-2-18-11-5-3-4-9-8(7-15-12(9)11)6-10(14)13(16)17/h3-5,7,10,15H,2,6,14H2,1H3,(H,16,17)/t10-/m0/s1. The number of H-pyrrole nitrogens is 1. The highest BCUT2D eigenvalue weighted by Gasteiger charge is 2.15. The van der Waals surface area contributed by atoms with Gasteiger partial charge in [-0.2, -0.15) is 0 Å². The molecule has 0 saturated heterocycles. The van der Waals surface area contributed by atoms with Gasteiger partial charge in [-0.05, 0) is 18.6 Å². The molecule has 0 aliphatic heterocycles. The maximum absolute atomic E-state index is 10.8. The van der Waals surface area contributed by atoms with Gasteiger partial charge in [-0.1, -0.05) is 12.1 Å². The lowest BCUT2D eigenvalue weighted by Gasteiger charge is -2.06. The molecule has 0 fully saturated rings. The fourth-order valence-electron chi connectivity index (χ4n) is 1.95. The number of para-hydroxylation sites is 1. The van der Waals surface area contributed by atoms with Crippen molar-refractivity contribution in [1.29, 1.82) is 0 Å². The van der Waals surface area contributed by atoms with Crippen LogP contribution in [-0.2, 0) is 11.2 Å². The van der Waals surface area contributed by atoms with Crippen LogP contribution in [0.25, 0.3) is 10.9 Å². The molecule has 5 heteroatoms. The molecule has 0 spiro atoms. The Morgan fingerprint density at radius 1 is 1.56 bits per heavy atom. The van der Waals surface area contributed by atoms with Crippen LogP contribution in [0.15, 0.2) is 24.4 Å². The number of carbonyl (C=O) groups is 1. The van der Waals surface area contributed by atoms with E-state index in [9.17, 15) is 4.79 Å². The molecule has 5 nitrogen and oxygen atoms in total. The molecule has 1 aromatic carbocycles. The Labute approximate surface area is 105 Å². The fraction of sp³-hybridized carbons (Fsp3) is 0.308. The number of benzene rings is 1. The first kappa shape index (κ1) is 12.4. The summed E-state index contributed by atoms with van der Waals surface area (Å²) in [6, 6.07) is 4.80. The molecule has 0 aliphatic carbocycles. The van der Waals surface area contributed by atoms with Crippen molar-refractivity contribution in [1.82, 2.24) is 4.98 Å². The third-order valence-corrected chi connectivity index (χ3v) is 2.82. The van der Waals surface area contributed by atoms with Crippen LogP contribution in [0.4, 0.5) is 0 Å². The molecular formula is C13H16N2O3. The van der Waals surface area contributed by atoms with Gasteiger partial charge < -0.3 is 20.6 Å². The van der Waals surface area contributed by atoms with Crippen molar-refractivity contribution in [3.63, 3.8) is 0 Å². The maximum Gasteiger partial charge on any atom is 0.320 e. The van der Waals surface area contributed by atoms with E-state index >= 15 is 0 Å². The van der Waals surface area contributed by atoms with Crippen LogP contribution in [0.2, 0.25) is 0 Å². The van der Waals surface area contributed by atoms with Gasteiger partial charge in [-0.25, -0.2) is 0 Å². The first-order valence-electron chi connectivity index (χ1n) is 5.83. The number of hydrogen-bond donors (Lipinski definition) is 3. The molecule has 18 heavy (non-hydrogen) atoms. The van der Waals surface area contributed by atoms with Gasteiger partial charge >= 0.3 is 5.97 Å². The lowest BCUT2D eigenvalue weighted by Crippen LogP contribution is -2.32. The van der Waals surface area contributed by atoms with E-state index in [1.807, 2.05) is 25.1 Å². The summed E-state index contributed by atoms with van der Waals surface area (Å²) in [6.07, 6.45) is 2.08. The van der Waals surface area contributed by atoms with E-state index in [4.69, 9.17) is 15.6 Å². The highest BCUT2D eigenvalue weighted by molar-refractivity contribution is 5.89. The van der Waals surface area contributed by atoms with E-state index in [-0.39, 0.29) is 0 Å². The molecule has 4 N–H and O–H groups in total. The van der Waals surface area contributed by atoms with Crippen LogP contribution in [0.1, 0.15) is 12.5 Å². The molecule has 1 heterocycles. The number of aliphatic carboxylic acids is 1. The minimum atomic E-state index is -0.995. The number of nitrogens with one attached hydrogen (secondary N) is 1. The van der Waals surface area contributed by atoms with Crippen LogP contribution in [0.5, 0.6) is 5.75 Å². The summed E-state index contributed by atoms with van der Waals surface area (Å²) < 4.78 is 5.51. The smallest absolute Gasteiger partial charge is 0.320 e. The summed E-state index contributed by atoms with van der Waals surface area (Å²) in [5, 5.41) is 9.79. The van der Waals surface area contributed by atoms with E-state index < -0.39 is 12.0 Å². The third-order valence-electron chi connectivity index (χ3n) is 2.82. The molecule has 0 radical (unpaired) electrons. The summed E-state index contributed by atoms with van der Waals surface area (Å²) in [7, 11) is 0. The van der Waals surface area contributed by atoms with Gasteiger partial charge in [0, 0.05) is 18.0 Å². The molecule has 1 atom stereocenters. The largest absolute Gasteiger partial charge is 0.492 e. The summed E-state index contributed by atoms with van der Waals surface area (Å²) >= 11 is 0. The molecule has 0 unspecified atom stereocenters. The number of rotatable bonds is 5. The molecule has 96 valence electrons. The number of carboxylic acids is 1. The van der Waals surface area contributed by atoms with Gasteiger partial charge in [0.1, 0.15) is 11.8 Å². The number of ether oxygens (including phenoxy) is 1. The number of fused-ring (bicyclic) bond motifs is 1. The summed E-state index contributed by atoms with van der Waals surface area (Å²) in [5.41, 5.74) is 7.32. The van der Waals surface area contributed by atoms with Gasteiger partial charge in [0.15, 0.2) is 0 Å². The van der Waals surface area contributed by atoms with Crippen molar-refractivity contribution in [3.8, 4) is 5.75 Å². The topological polar surface area (TPSA) is 88.3 Å². The van der Waals surface area contributed by atoms with Gasteiger partial charge in [-0.3, -0.25) is 4.79 Å². The Balaban J connectivity index is 2.36. The monoisotopic (exact) mass is 248 g/mol. The molecule has 1 aromatic heterocycles. The first-order chi connectivity index (χ1) is 8.63. The third kappa shape index (κ3) is 2.31. The molecule has 2 aromatic rings. The lowest BCUT2D eigenvalue weighted by atomic mass is 10.1. The van der Waals surface area contributed by atoms with E-state index in [0.29, 0.717) is 13.0 Å². The van der Waals surface area contributed by atoms with Crippen molar-refractivity contribution >= 4 is 16.9 Å². The van der Waals surface area contributed by atoms with E-state index in [0.717, 1.165) is 22.2 Å². The predicted octanol–water partition coefficient (Wildman–Crippen LogP) is 1.52. The van der Waals surface area contributed by atoms with Gasteiger partial charge in [-0.15, -0.1) is 0 Å². The fourth-order valence-corrected chi connectivity index (χ4v) is 1.95. The van der Waals surface area contributed by atoms with Crippen molar-refractivity contribution in [2.75, 3.05) is 6.61 Å². The molecule has 0 amide bonds. The quantitative estimate of drug-likeness (QED) is 0.748. The number of aromatic nitrogens is 1. The van der Waals surface area contributed by atoms with E-state index in [1.165, 1.54) is 0 Å². The number of carboxylic acid groups (broad SMARTS) is 1. The van der Waals surface area contributed by atoms with Gasteiger partial charge in [0.25, 0.3) is 0 Å². The van der Waals surface area contributed by atoms with Crippen molar-refractivity contribution < 1.29 is 14.6 Å². The maximum atomic E-state index is 10.8. The molecule has 0 saturated carbocycles. The normalized spacial score (nSPS) is 12.6. The predicted molar refractivity (Wildman–Crippen MR) is 68.8 cm³/mol. The van der Waals surface area contributed by atoms with Crippen molar-refractivity contribution in [3.05, 3.63) is 30.0 Å². The Bertz CT molecular complexity index is 562. The zero-order chi connectivity index (χ0) is 13.1. The highest BCUT2D eigenvalue weighted by Crippen LogP contribution is 2.27. The average Bonchev–Trinajstić information content (AvgIpc) is 2.74. The summed E-state index contributed by atoms with van der Waals surface area (Å²) in [4.78, 5) is 13.9. The number of nitrogens with two attached hydrogens (primary N) is 1. The Morgan fingerprint density at radius 2 is 2.33 bits per heavy atom.